The van der Waals surface area contributed by atoms with E-state index in [4.69, 9.17) is 9.57 Å². The number of hydrogen-bond donors (Lipinski definition) is 2. The third-order valence-corrected chi connectivity index (χ3v) is 7.74. The van der Waals surface area contributed by atoms with E-state index in [-0.39, 0.29) is 23.1 Å². The Labute approximate surface area is 191 Å². The fourth-order valence-corrected chi connectivity index (χ4v) is 6.03. The van der Waals surface area contributed by atoms with Crippen LogP contribution in [0.25, 0.3) is 10.9 Å². The zero-order valence-corrected chi connectivity index (χ0v) is 18.8. The number of aromatic carboxylic acids is 1. The van der Waals surface area contributed by atoms with E-state index in [1.807, 2.05) is 10.6 Å². The second-order valence-corrected chi connectivity index (χ2v) is 10.4. The van der Waals surface area contributed by atoms with Crippen molar-refractivity contribution in [2.75, 3.05) is 6.61 Å². The van der Waals surface area contributed by atoms with Crippen molar-refractivity contribution in [2.24, 2.45) is 16.8 Å². The topological polar surface area (TPSA) is 102 Å². The molecule has 2 saturated carbocycles. The zero-order chi connectivity index (χ0) is 23.0. The monoisotopic (exact) mass is 449 g/mol. The van der Waals surface area contributed by atoms with Gasteiger partial charge in [0.15, 0.2) is 11.8 Å². The van der Waals surface area contributed by atoms with Crippen LogP contribution in [0.1, 0.15) is 67.9 Å². The molecule has 0 unspecified atom stereocenters. The summed E-state index contributed by atoms with van der Waals surface area (Å²) in [7, 11) is 0. The number of carbonyl (C=O) groups is 1. The minimum absolute atomic E-state index is 0.149. The van der Waals surface area contributed by atoms with Gasteiger partial charge in [0.1, 0.15) is 11.2 Å². The lowest BCUT2D eigenvalue weighted by atomic mass is 9.83. The first-order valence-corrected chi connectivity index (χ1v) is 11.6. The number of carboxylic acids is 1. The molecule has 0 bridgehead atoms. The van der Waals surface area contributed by atoms with Crippen molar-refractivity contribution in [1.82, 2.24) is 10.0 Å². The lowest BCUT2D eigenvalue weighted by Gasteiger charge is -2.35. The van der Waals surface area contributed by atoms with Gasteiger partial charge in [0.05, 0.1) is 5.60 Å². The molecule has 3 fully saturated rings. The summed E-state index contributed by atoms with van der Waals surface area (Å²) in [4.78, 5) is 33.0. The van der Waals surface area contributed by atoms with Gasteiger partial charge in [-0.25, -0.2) is 15.1 Å². The maximum atomic E-state index is 12.4. The second kappa shape index (κ2) is 6.95. The van der Waals surface area contributed by atoms with Gasteiger partial charge in [-0.3, -0.25) is 0 Å². The Morgan fingerprint density at radius 2 is 2.06 bits per heavy atom. The lowest BCUT2D eigenvalue weighted by Crippen LogP contribution is -2.39. The second-order valence-electron chi connectivity index (χ2n) is 10.4. The molecule has 4 aliphatic rings. The molecule has 1 saturated heterocycles. The molecule has 0 amide bonds. The standard InChI is InChI=1S/C25H27N3O5/c1-24(2)11-16(7-8-32-24)15-5-6-19-17(9-15)10-20(22(30)31)28(19)25(12-18(25)14-3-4-14)23-26-21(13-29)33-27-23/h5-6,9-10,14,16,18H,3-4,7-8,11-12H2,1-2H3,(H,26,27)(H,30,31)/t16-,18+,25-/m0/s1. The van der Waals surface area contributed by atoms with Crippen molar-refractivity contribution >= 4 is 28.6 Å². The van der Waals surface area contributed by atoms with Crippen LogP contribution in [0, 0.1) is 11.8 Å². The molecule has 3 heterocycles. The SMILES string of the molecule is CC1(C)C[C@@H](c2ccc3c(c2)cc(C(=O)O)n3[C@@]2(C3=NC(=C=O)ON3)C[C@@H]2C2CC2)CCO1. The number of nitrogens with zero attached hydrogens (tertiary/aromatic N) is 2. The highest BCUT2D eigenvalue weighted by Gasteiger charge is 2.66. The lowest BCUT2D eigenvalue weighted by molar-refractivity contribution is -0.0592. The fraction of sp³-hybridized carbons (Fsp3) is 0.520. The summed E-state index contributed by atoms with van der Waals surface area (Å²) in [5, 5.41) is 11.0. The number of fused-ring (bicyclic) bond motifs is 1. The predicted octanol–water partition coefficient (Wildman–Crippen LogP) is 3.74. The fourth-order valence-electron chi connectivity index (χ4n) is 6.03. The molecule has 8 nitrogen and oxygen atoms in total. The average Bonchev–Trinajstić information content (AvgIpc) is 3.67. The number of amidine groups is 1. The molecule has 1 aromatic carbocycles. The van der Waals surface area contributed by atoms with E-state index < -0.39 is 11.5 Å². The minimum Gasteiger partial charge on any atom is -0.477 e. The van der Waals surface area contributed by atoms with Crippen LogP contribution in [0.3, 0.4) is 0 Å². The van der Waals surface area contributed by atoms with Gasteiger partial charge in [-0.05, 0) is 87.5 Å². The van der Waals surface area contributed by atoms with Crippen molar-refractivity contribution in [2.45, 2.75) is 63.0 Å². The van der Waals surface area contributed by atoms with Crippen LogP contribution >= 0.6 is 0 Å². The summed E-state index contributed by atoms with van der Waals surface area (Å²) < 4.78 is 7.79. The number of hydroxylamine groups is 1. The van der Waals surface area contributed by atoms with E-state index in [0.29, 0.717) is 17.7 Å². The Bertz CT molecular complexity index is 1250. The first-order chi connectivity index (χ1) is 15.8. The third-order valence-electron chi connectivity index (χ3n) is 7.74. The van der Waals surface area contributed by atoms with Gasteiger partial charge in [-0.15, -0.1) is 0 Å². The number of carbonyl (C=O) groups excluding carboxylic acids is 1. The molecular weight excluding hydrogens is 422 g/mol. The van der Waals surface area contributed by atoms with Gasteiger partial charge in [0, 0.05) is 17.5 Å². The molecule has 3 atom stereocenters. The van der Waals surface area contributed by atoms with E-state index in [0.717, 1.165) is 49.6 Å². The van der Waals surface area contributed by atoms with Gasteiger partial charge >= 0.3 is 11.9 Å². The normalized spacial score (nSPS) is 30.4. The Kier molecular flexibility index (Phi) is 4.32. The molecule has 2 aromatic rings. The molecule has 1 aromatic heterocycles. The summed E-state index contributed by atoms with van der Waals surface area (Å²) in [5.41, 5.74) is 4.26. The molecule has 2 aliphatic heterocycles. The molecule has 33 heavy (non-hydrogen) atoms. The predicted molar refractivity (Wildman–Crippen MR) is 121 cm³/mol. The van der Waals surface area contributed by atoms with Crippen LogP contribution in [-0.2, 0) is 19.9 Å². The highest BCUT2D eigenvalue weighted by molar-refractivity contribution is 6.01. The Hall–Kier alpha value is -3.09. The van der Waals surface area contributed by atoms with E-state index in [1.54, 1.807) is 12.0 Å². The maximum absolute atomic E-state index is 12.4. The Morgan fingerprint density at radius 1 is 1.24 bits per heavy atom. The number of benzene rings is 1. The summed E-state index contributed by atoms with van der Waals surface area (Å²) in [6.07, 6.45) is 4.90. The van der Waals surface area contributed by atoms with Crippen LogP contribution in [0.15, 0.2) is 35.1 Å². The Morgan fingerprint density at radius 3 is 2.73 bits per heavy atom. The highest BCUT2D eigenvalue weighted by atomic mass is 16.7. The van der Waals surface area contributed by atoms with Gasteiger partial charge in [0.25, 0.3) is 0 Å². The highest BCUT2D eigenvalue weighted by Crippen LogP contribution is 2.63. The number of aromatic nitrogens is 1. The zero-order valence-electron chi connectivity index (χ0n) is 18.8. The molecule has 2 aliphatic carbocycles. The number of rotatable bonds is 5. The smallest absolute Gasteiger partial charge is 0.352 e. The number of aliphatic imine (C=N–C) groups is 1. The molecule has 0 spiro atoms. The molecular formula is C25H27N3O5. The summed E-state index contributed by atoms with van der Waals surface area (Å²) in [5.74, 6) is 2.20. The van der Waals surface area contributed by atoms with Gasteiger partial charge in [0.2, 0.25) is 0 Å². The van der Waals surface area contributed by atoms with Crippen molar-refractivity contribution in [3.63, 3.8) is 0 Å². The first-order valence-electron chi connectivity index (χ1n) is 11.6. The Balaban J connectivity index is 1.48. The van der Waals surface area contributed by atoms with Crippen molar-refractivity contribution in [3.8, 4) is 0 Å². The molecule has 2 N–H and O–H groups in total. The first kappa shape index (κ1) is 20.5. The quantitative estimate of drug-likeness (QED) is 0.674. The molecule has 172 valence electrons. The van der Waals surface area contributed by atoms with E-state index in [1.165, 1.54) is 5.56 Å². The van der Waals surface area contributed by atoms with Crippen LogP contribution in [0.2, 0.25) is 0 Å². The largest absolute Gasteiger partial charge is 0.477 e. The van der Waals surface area contributed by atoms with Crippen molar-refractivity contribution in [1.29, 1.82) is 0 Å². The maximum Gasteiger partial charge on any atom is 0.352 e. The summed E-state index contributed by atoms with van der Waals surface area (Å²) >= 11 is 0. The minimum atomic E-state index is -0.980. The molecule has 8 heteroatoms. The number of ether oxygens (including phenoxy) is 1. The van der Waals surface area contributed by atoms with Gasteiger partial charge < -0.3 is 19.2 Å². The van der Waals surface area contributed by atoms with Crippen LogP contribution < -0.4 is 5.48 Å². The van der Waals surface area contributed by atoms with E-state index in [9.17, 15) is 14.7 Å². The van der Waals surface area contributed by atoms with Gasteiger partial charge in [-0.2, -0.15) is 4.99 Å². The summed E-state index contributed by atoms with van der Waals surface area (Å²) in [6.45, 7) is 4.96. The third kappa shape index (κ3) is 3.20. The van der Waals surface area contributed by atoms with Gasteiger partial charge in [-0.1, -0.05) is 6.07 Å². The van der Waals surface area contributed by atoms with Crippen molar-refractivity contribution < 1.29 is 24.3 Å². The molecule has 0 radical (unpaired) electrons. The van der Waals surface area contributed by atoms with Crippen LogP contribution in [0.4, 0.5) is 0 Å². The molecule has 6 rings (SSSR count). The number of nitrogens with one attached hydrogen (secondary N) is 1. The number of carboxylic acid groups (broad SMARTS) is 1. The van der Waals surface area contributed by atoms with Crippen LogP contribution in [0.5, 0.6) is 0 Å². The number of hydrogen-bond acceptors (Lipinski definition) is 6. The summed E-state index contributed by atoms with van der Waals surface area (Å²) in [6, 6.07) is 8.05. The van der Waals surface area contributed by atoms with E-state index in [2.05, 4.69) is 36.5 Å². The van der Waals surface area contributed by atoms with Crippen molar-refractivity contribution in [3.05, 3.63) is 41.4 Å². The average molecular weight is 450 g/mol. The van der Waals surface area contributed by atoms with Crippen LogP contribution in [-0.4, -0.2) is 39.6 Å². The van der Waals surface area contributed by atoms with E-state index >= 15 is 0 Å².